The summed E-state index contributed by atoms with van der Waals surface area (Å²) in [5, 5.41) is 10.8. The van der Waals surface area contributed by atoms with E-state index in [4.69, 9.17) is 0 Å². The summed E-state index contributed by atoms with van der Waals surface area (Å²) in [7, 11) is 0. The van der Waals surface area contributed by atoms with Crippen LogP contribution in [0.4, 0.5) is 11.4 Å². The molecule has 0 radical (unpaired) electrons. The highest BCUT2D eigenvalue weighted by molar-refractivity contribution is 5.59. The van der Waals surface area contributed by atoms with E-state index in [9.17, 15) is 10.1 Å². The minimum atomic E-state index is -0.345. The maximum Gasteiger partial charge on any atom is 0.274 e. The predicted octanol–water partition coefficient (Wildman–Crippen LogP) is 2.79. The van der Waals surface area contributed by atoms with Crippen molar-refractivity contribution < 1.29 is 4.92 Å². The SMILES string of the molecule is Cc1ccc(N2C=CC=CC2)cc1[N+](=O)[O-]. The number of hydrogen-bond acceptors (Lipinski definition) is 3. The minimum Gasteiger partial charge on any atom is -0.344 e. The van der Waals surface area contributed by atoms with Gasteiger partial charge in [0.05, 0.1) is 4.92 Å². The molecule has 0 saturated heterocycles. The molecule has 4 nitrogen and oxygen atoms in total. The Hall–Kier alpha value is -2.10. The summed E-state index contributed by atoms with van der Waals surface area (Å²) in [6.07, 6.45) is 7.79. The Labute approximate surface area is 93.6 Å². The van der Waals surface area contributed by atoms with Gasteiger partial charge < -0.3 is 4.90 Å². The maximum atomic E-state index is 10.8. The van der Waals surface area contributed by atoms with Crippen molar-refractivity contribution in [2.75, 3.05) is 11.4 Å². The molecule has 1 aliphatic rings. The lowest BCUT2D eigenvalue weighted by Crippen LogP contribution is -2.17. The van der Waals surface area contributed by atoms with Gasteiger partial charge in [0.25, 0.3) is 5.69 Å². The second-order valence-corrected chi connectivity index (χ2v) is 3.65. The van der Waals surface area contributed by atoms with Gasteiger partial charge in [0.2, 0.25) is 0 Å². The first-order valence-electron chi connectivity index (χ1n) is 5.03. The Morgan fingerprint density at radius 1 is 1.38 bits per heavy atom. The summed E-state index contributed by atoms with van der Waals surface area (Å²) in [4.78, 5) is 12.4. The van der Waals surface area contributed by atoms with Crippen molar-refractivity contribution in [1.29, 1.82) is 0 Å². The fourth-order valence-corrected chi connectivity index (χ4v) is 1.63. The molecule has 0 saturated carbocycles. The quantitative estimate of drug-likeness (QED) is 0.564. The van der Waals surface area contributed by atoms with E-state index in [1.807, 2.05) is 35.4 Å². The fraction of sp³-hybridized carbons (Fsp3) is 0.167. The van der Waals surface area contributed by atoms with Crippen molar-refractivity contribution in [3.63, 3.8) is 0 Å². The molecular formula is C12H12N2O2. The number of anilines is 1. The molecule has 16 heavy (non-hydrogen) atoms. The van der Waals surface area contributed by atoms with Crippen LogP contribution in [0.15, 0.2) is 42.6 Å². The van der Waals surface area contributed by atoms with Gasteiger partial charge in [0.1, 0.15) is 0 Å². The third-order valence-electron chi connectivity index (χ3n) is 2.54. The monoisotopic (exact) mass is 216 g/mol. The van der Waals surface area contributed by atoms with Crippen LogP contribution in [0.1, 0.15) is 5.56 Å². The van der Waals surface area contributed by atoms with E-state index in [1.54, 1.807) is 19.1 Å². The van der Waals surface area contributed by atoms with Crippen molar-refractivity contribution in [1.82, 2.24) is 0 Å². The summed E-state index contributed by atoms with van der Waals surface area (Å²) in [5.74, 6) is 0. The van der Waals surface area contributed by atoms with Gasteiger partial charge in [-0.2, -0.15) is 0 Å². The summed E-state index contributed by atoms with van der Waals surface area (Å²) in [6.45, 7) is 2.49. The molecule has 0 spiro atoms. The van der Waals surface area contributed by atoms with Crippen LogP contribution in [0.25, 0.3) is 0 Å². The predicted molar refractivity (Wildman–Crippen MR) is 63.5 cm³/mol. The minimum absolute atomic E-state index is 0.167. The standard InChI is InChI=1S/C12H12N2O2/c1-10-5-6-11(9-12(10)14(15)16)13-7-3-2-4-8-13/h2-7,9H,8H2,1H3. The van der Waals surface area contributed by atoms with Crippen molar-refractivity contribution in [3.05, 3.63) is 58.3 Å². The first-order chi connectivity index (χ1) is 7.68. The van der Waals surface area contributed by atoms with E-state index in [2.05, 4.69) is 0 Å². The number of nitro benzene ring substituents is 1. The average molecular weight is 216 g/mol. The van der Waals surface area contributed by atoms with Crippen LogP contribution in [0.2, 0.25) is 0 Å². The highest BCUT2D eigenvalue weighted by atomic mass is 16.6. The molecule has 1 aliphatic heterocycles. The molecule has 1 aromatic carbocycles. The van der Waals surface area contributed by atoms with Gasteiger partial charge in [-0.05, 0) is 19.1 Å². The zero-order chi connectivity index (χ0) is 11.5. The molecular weight excluding hydrogens is 204 g/mol. The third kappa shape index (κ3) is 1.95. The molecule has 4 heteroatoms. The molecule has 0 amide bonds. The molecule has 0 aliphatic carbocycles. The zero-order valence-electron chi connectivity index (χ0n) is 8.96. The van der Waals surface area contributed by atoms with Gasteiger partial charge in [-0.1, -0.05) is 18.2 Å². The van der Waals surface area contributed by atoms with Crippen LogP contribution in [-0.2, 0) is 0 Å². The number of aryl methyl sites for hydroxylation is 1. The van der Waals surface area contributed by atoms with Gasteiger partial charge in [0, 0.05) is 30.1 Å². The van der Waals surface area contributed by atoms with Gasteiger partial charge in [-0.3, -0.25) is 10.1 Å². The van der Waals surface area contributed by atoms with Crippen molar-refractivity contribution in [3.8, 4) is 0 Å². The van der Waals surface area contributed by atoms with Gasteiger partial charge in [0.15, 0.2) is 0 Å². The maximum absolute atomic E-state index is 10.8. The number of nitro groups is 1. The lowest BCUT2D eigenvalue weighted by molar-refractivity contribution is -0.385. The number of rotatable bonds is 2. The molecule has 2 rings (SSSR count). The summed E-state index contributed by atoms with van der Waals surface area (Å²) < 4.78 is 0. The first kappa shape index (κ1) is 10.4. The van der Waals surface area contributed by atoms with Crippen molar-refractivity contribution in [2.24, 2.45) is 0 Å². The van der Waals surface area contributed by atoms with E-state index in [0.29, 0.717) is 5.56 Å². The normalized spacial score (nSPS) is 14.2. The highest BCUT2D eigenvalue weighted by Gasteiger charge is 2.13. The van der Waals surface area contributed by atoms with E-state index >= 15 is 0 Å². The first-order valence-corrected chi connectivity index (χ1v) is 5.03. The fourth-order valence-electron chi connectivity index (χ4n) is 1.63. The van der Waals surface area contributed by atoms with Crippen LogP contribution in [0.5, 0.6) is 0 Å². The summed E-state index contributed by atoms with van der Waals surface area (Å²) in [6, 6.07) is 5.28. The molecule has 1 aromatic rings. The van der Waals surface area contributed by atoms with Gasteiger partial charge in [-0.25, -0.2) is 0 Å². The van der Waals surface area contributed by atoms with E-state index in [0.717, 1.165) is 12.2 Å². The molecule has 82 valence electrons. The van der Waals surface area contributed by atoms with Crippen molar-refractivity contribution >= 4 is 11.4 Å². The highest BCUT2D eigenvalue weighted by Crippen LogP contribution is 2.25. The lowest BCUT2D eigenvalue weighted by Gasteiger charge is -2.20. The molecule has 0 bridgehead atoms. The van der Waals surface area contributed by atoms with Gasteiger partial charge >= 0.3 is 0 Å². The molecule has 1 heterocycles. The molecule has 0 fully saturated rings. The second-order valence-electron chi connectivity index (χ2n) is 3.65. The Morgan fingerprint density at radius 3 is 2.81 bits per heavy atom. The average Bonchev–Trinajstić information content (AvgIpc) is 2.30. The topological polar surface area (TPSA) is 46.4 Å². The Morgan fingerprint density at radius 2 is 2.19 bits per heavy atom. The number of allylic oxidation sites excluding steroid dienone is 2. The largest absolute Gasteiger partial charge is 0.344 e. The molecule has 0 N–H and O–H groups in total. The van der Waals surface area contributed by atoms with Crippen molar-refractivity contribution in [2.45, 2.75) is 6.92 Å². The Kier molecular flexibility index (Phi) is 2.72. The zero-order valence-corrected chi connectivity index (χ0v) is 8.96. The summed E-state index contributed by atoms with van der Waals surface area (Å²) in [5.41, 5.74) is 1.70. The molecule has 0 atom stereocenters. The second kappa shape index (κ2) is 4.18. The Bertz CT molecular complexity index is 478. The van der Waals surface area contributed by atoms with Crippen LogP contribution < -0.4 is 4.90 Å². The molecule has 0 aromatic heterocycles. The number of benzene rings is 1. The Balaban J connectivity index is 2.35. The smallest absolute Gasteiger partial charge is 0.274 e. The number of hydrogen-bond donors (Lipinski definition) is 0. The van der Waals surface area contributed by atoms with Crippen LogP contribution in [0, 0.1) is 17.0 Å². The van der Waals surface area contributed by atoms with Crippen LogP contribution in [0.3, 0.4) is 0 Å². The van der Waals surface area contributed by atoms with Gasteiger partial charge in [-0.15, -0.1) is 0 Å². The summed E-state index contributed by atoms with van der Waals surface area (Å²) >= 11 is 0. The van der Waals surface area contributed by atoms with E-state index < -0.39 is 0 Å². The third-order valence-corrected chi connectivity index (χ3v) is 2.54. The van der Waals surface area contributed by atoms with E-state index in [-0.39, 0.29) is 10.6 Å². The lowest BCUT2D eigenvalue weighted by atomic mass is 10.1. The molecule has 0 unspecified atom stereocenters. The van der Waals surface area contributed by atoms with Crippen LogP contribution in [-0.4, -0.2) is 11.5 Å². The van der Waals surface area contributed by atoms with E-state index in [1.165, 1.54) is 0 Å². The number of nitrogens with zero attached hydrogens (tertiary/aromatic N) is 2. The van der Waals surface area contributed by atoms with Crippen LogP contribution >= 0.6 is 0 Å².